The molecule has 1 N–H and O–H groups in total. The molecule has 2 heterocycles. The number of benzene rings is 3. The average Bonchev–Trinajstić information content (AvgIpc) is 2.92. The number of halogens is 1. The summed E-state index contributed by atoms with van der Waals surface area (Å²) in [7, 11) is 0. The Bertz CT molecular complexity index is 1240. The smallest absolute Gasteiger partial charge is 0.225 e. The third kappa shape index (κ3) is 5.87. The fraction of sp³-hybridized carbons (Fsp3) is 0.233. The van der Waals surface area contributed by atoms with Crippen molar-refractivity contribution in [1.82, 2.24) is 10.3 Å². The van der Waals surface area contributed by atoms with E-state index in [1.165, 1.54) is 0 Å². The van der Waals surface area contributed by atoms with Crippen molar-refractivity contribution >= 4 is 0 Å². The van der Waals surface area contributed by atoms with Gasteiger partial charge in [-0.1, -0.05) is 72.8 Å². The van der Waals surface area contributed by atoms with E-state index < -0.39 is 0 Å². The molecule has 178 valence electrons. The Balaban J connectivity index is 1.41. The summed E-state index contributed by atoms with van der Waals surface area (Å²) in [5.41, 5.74) is 4.36. The van der Waals surface area contributed by atoms with Gasteiger partial charge in [0.2, 0.25) is 11.8 Å². The highest BCUT2D eigenvalue weighted by Crippen LogP contribution is 2.35. The molecule has 0 atom stereocenters. The Hall–Kier alpha value is -3.70. The van der Waals surface area contributed by atoms with E-state index in [9.17, 15) is 0 Å². The molecule has 3 aromatic carbocycles. The van der Waals surface area contributed by atoms with Crippen LogP contribution in [-0.4, -0.2) is 18.1 Å². The van der Waals surface area contributed by atoms with Gasteiger partial charge >= 0.3 is 0 Å². The van der Waals surface area contributed by atoms with E-state index in [2.05, 4.69) is 10.3 Å². The first-order valence-electron chi connectivity index (χ1n) is 12.1. The summed E-state index contributed by atoms with van der Waals surface area (Å²) in [6.45, 7) is 2.62. The van der Waals surface area contributed by atoms with Crippen molar-refractivity contribution in [3.63, 3.8) is 0 Å². The Morgan fingerprint density at radius 1 is 0.771 bits per heavy atom. The number of ether oxygens (including phenoxy) is 2. The van der Waals surface area contributed by atoms with Crippen molar-refractivity contribution in [2.24, 2.45) is 0 Å². The third-order valence-electron chi connectivity index (χ3n) is 6.37. The number of aromatic nitrogens is 1. The quantitative estimate of drug-likeness (QED) is 0.320. The van der Waals surface area contributed by atoms with Crippen LogP contribution in [0.2, 0.25) is 0 Å². The first-order chi connectivity index (χ1) is 17.3. The van der Waals surface area contributed by atoms with Crippen LogP contribution < -0.4 is 14.8 Å². The number of nitrogens with one attached hydrogen (secondary N) is 1. The zero-order valence-corrected chi connectivity index (χ0v) is 19.6. The van der Waals surface area contributed by atoms with Crippen molar-refractivity contribution in [3.05, 3.63) is 114 Å². The predicted octanol–water partition coefficient (Wildman–Crippen LogP) is 6.51. The Morgan fingerprint density at radius 2 is 1.43 bits per heavy atom. The van der Waals surface area contributed by atoms with Crippen molar-refractivity contribution < 1.29 is 13.9 Å². The van der Waals surface area contributed by atoms with Crippen molar-refractivity contribution in [2.45, 2.75) is 32.0 Å². The maximum Gasteiger partial charge on any atom is 0.225 e. The largest absolute Gasteiger partial charge is 0.473 e. The molecule has 1 fully saturated rings. The fourth-order valence-corrected chi connectivity index (χ4v) is 4.45. The van der Waals surface area contributed by atoms with Gasteiger partial charge in [0.05, 0.1) is 0 Å². The summed E-state index contributed by atoms with van der Waals surface area (Å²) < 4.78 is 27.2. The molecule has 1 aliphatic rings. The molecule has 1 aromatic heterocycles. The minimum Gasteiger partial charge on any atom is -0.473 e. The average molecular weight is 469 g/mol. The zero-order valence-electron chi connectivity index (χ0n) is 19.6. The second kappa shape index (κ2) is 11.2. The lowest BCUT2D eigenvalue weighted by molar-refractivity contribution is 0.268. The van der Waals surface area contributed by atoms with Crippen LogP contribution in [0, 0.1) is 5.82 Å². The van der Waals surface area contributed by atoms with Crippen molar-refractivity contribution in [2.75, 3.05) is 13.1 Å². The molecule has 0 aliphatic carbocycles. The van der Waals surface area contributed by atoms with E-state index >= 15 is 4.39 Å². The van der Waals surface area contributed by atoms with Gasteiger partial charge < -0.3 is 14.8 Å². The summed E-state index contributed by atoms with van der Waals surface area (Å²) in [4.78, 5) is 4.65. The zero-order chi connectivity index (χ0) is 23.9. The highest BCUT2D eigenvalue weighted by Gasteiger charge is 2.20. The topological polar surface area (TPSA) is 43.4 Å². The maximum absolute atomic E-state index is 15.2. The van der Waals surface area contributed by atoms with Gasteiger partial charge in [-0.25, -0.2) is 4.39 Å². The minimum absolute atomic E-state index is 0.173. The number of hydrogen-bond acceptors (Lipinski definition) is 4. The lowest BCUT2D eigenvalue weighted by Crippen LogP contribution is -2.27. The number of piperidine rings is 1. The summed E-state index contributed by atoms with van der Waals surface area (Å²) in [5.74, 6) is 0.972. The van der Waals surface area contributed by atoms with Crippen LogP contribution in [0.25, 0.3) is 11.1 Å². The number of pyridine rings is 1. The van der Waals surface area contributed by atoms with Crippen LogP contribution in [-0.2, 0) is 13.2 Å². The monoisotopic (exact) mass is 468 g/mol. The second-order valence-corrected chi connectivity index (χ2v) is 8.81. The summed E-state index contributed by atoms with van der Waals surface area (Å²) >= 11 is 0. The molecule has 4 aromatic rings. The highest BCUT2D eigenvalue weighted by molar-refractivity contribution is 5.69. The maximum atomic E-state index is 15.2. The second-order valence-electron chi connectivity index (χ2n) is 8.81. The van der Waals surface area contributed by atoms with Gasteiger partial charge in [0.25, 0.3) is 0 Å². The predicted molar refractivity (Wildman–Crippen MR) is 136 cm³/mol. The summed E-state index contributed by atoms with van der Waals surface area (Å²) in [5, 5.41) is 3.34. The van der Waals surface area contributed by atoms with E-state index in [-0.39, 0.29) is 11.7 Å². The Morgan fingerprint density at radius 3 is 2.09 bits per heavy atom. The minimum atomic E-state index is -0.173. The molecule has 0 radical (unpaired) electrons. The molecule has 5 rings (SSSR count). The van der Waals surface area contributed by atoms with E-state index in [0.717, 1.165) is 53.7 Å². The Kier molecular flexibility index (Phi) is 7.35. The van der Waals surface area contributed by atoms with Crippen molar-refractivity contribution in [1.29, 1.82) is 0 Å². The summed E-state index contributed by atoms with van der Waals surface area (Å²) in [6, 6.07) is 29.1. The molecular weight excluding hydrogens is 439 g/mol. The van der Waals surface area contributed by atoms with Crippen LogP contribution in [0.3, 0.4) is 0 Å². The molecule has 5 heteroatoms. The molecule has 4 nitrogen and oxygen atoms in total. The number of nitrogens with zero attached hydrogens (tertiary/aromatic N) is 1. The van der Waals surface area contributed by atoms with E-state index in [4.69, 9.17) is 9.47 Å². The molecule has 35 heavy (non-hydrogen) atoms. The number of hydrogen-bond donors (Lipinski definition) is 1. The van der Waals surface area contributed by atoms with Crippen LogP contribution in [0.1, 0.15) is 35.4 Å². The molecular formula is C30H29FN2O2. The van der Waals surface area contributed by atoms with Gasteiger partial charge in [-0.2, -0.15) is 4.98 Å². The van der Waals surface area contributed by atoms with Gasteiger partial charge in [-0.15, -0.1) is 0 Å². The molecule has 0 saturated carbocycles. The highest BCUT2D eigenvalue weighted by atomic mass is 19.1. The first-order valence-corrected chi connectivity index (χ1v) is 12.1. The SMILES string of the molecule is Fc1cc(-c2ccc(OCc3ccccc3)nc2OCc2ccccc2)ccc1C1CCNCC1. The fourth-order valence-electron chi connectivity index (χ4n) is 4.45. The molecule has 0 amide bonds. The lowest BCUT2D eigenvalue weighted by Gasteiger charge is -2.23. The van der Waals surface area contributed by atoms with E-state index in [1.807, 2.05) is 84.9 Å². The van der Waals surface area contributed by atoms with Crippen LogP contribution >= 0.6 is 0 Å². The lowest BCUT2D eigenvalue weighted by atomic mass is 9.89. The molecule has 1 saturated heterocycles. The van der Waals surface area contributed by atoms with Gasteiger partial charge in [0, 0.05) is 11.6 Å². The standard InChI is InChI=1S/C30H29FN2O2/c31-28-19-25(11-12-26(28)24-15-17-32-18-16-24)27-13-14-29(34-20-22-7-3-1-4-8-22)33-30(27)35-21-23-9-5-2-6-10-23/h1-14,19,24,32H,15-18,20-21H2. The Labute approximate surface area is 205 Å². The van der Waals surface area contributed by atoms with Gasteiger partial charge in [0.15, 0.2) is 0 Å². The van der Waals surface area contributed by atoms with Gasteiger partial charge in [-0.3, -0.25) is 0 Å². The van der Waals surface area contributed by atoms with Crippen LogP contribution in [0.4, 0.5) is 4.39 Å². The molecule has 1 aliphatic heterocycles. The summed E-state index contributed by atoms with van der Waals surface area (Å²) in [6.07, 6.45) is 1.91. The first kappa shape index (κ1) is 23.1. The molecule has 0 bridgehead atoms. The van der Waals surface area contributed by atoms with Gasteiger partial charge in [0.1, 0.15) is 19.0 Å². The van der Waals surface area contributed by atoms with Crippen molar-refractivity contribution in [3.8, 4) is 22.9 Å². The van der Waals surface area contributed by atoms with Gasteiger partial charge in [-0.05, 0) is 66.2 Å². The van der Waals surface area contributed by atoms with E-state index in [0.29, 0.717) is 25.0 Å². The normalized spacial score (nSPS) is 14.0. The van der Waals surface area contributed by atoms with Crippen LogP contribution in [0.15, 0.2) is 91.0 Å². The van der Waals surface area contributed by atoms with E-state index in [1.54, 1.807) is 6.07 Å². The third-order valence-corrected chi connectivity index (χ3v) is 6.37. The van der Waals surface area contributed by atoms with Crippen LogP contribution in [0.5, 0.6) is 11.8 Å². The number of rotatable bonds is 8. The molecule has 0 unspecified atom stereocenters. The molecule has 0 spiro atoms.